The normalized spacial score (nSPS) is 12.0. The maximum atomic E-state index is 12.5. The van der Waals surface area contributed by atoms with Gasteiger partial charge in [-0.3, -0.25) is 4.98 Å². The van der Waals surface area contributed by atoms with Gasteiger partial charge in [0.2, 0.25) is 10.0 Å². The molecule has 2 heterocycles. The van der Waals surface area contributed by atoms with E-state index in [0.29, 0.717) is 17.2 Å². The van der Waals surface area contributed by atoms with Gasteiger partial charge >= 0.3 is 0 Å². The lowest BCUT2D eigenvalue weighted by Gasteiger charge is -2.15. The maximum Gasteiger partial charge on any atom is 0.246 e. The summed E-state index contributed by atoms with van der Waals surface area (Å²) in [5, 5.41) is 0. The fourth-order valence-electron chi connectivity index (χ4n) is 1.82. The number of nitrogens with zero attached hydrogens (tertiary/aromatic N) is 2. The van der Waals surface area contributed by atoms with E-state index in [2.05, 4.69) is 4.98 Å². The first-order valence-electron chi connectivity index (χ1n) is 5.96. The Kier molecular flexibility index (Phi) is 4.47. The summed E-state index contributed by atoms with van der Waals surface area (Å²) < 4.78 is 31.5. The van der Waals surface area contributed by atoms with Crippen molar-refractivity contribution in [1.82, 2.24) is 9.29 Å². The molecule has 0 aliphatic rings. The molecule has 0 N–H and O–H groups in total. The van der Waals surface area contributed by atoms with Gasteiger partial charge in [-0.15, -0.1) is 11.6 Å². The molecule has 7 heteroatoms. The molecule has 20 heavy (non-hydrogen) atoms. The zero-order valence-electron chi connectivity index (χ0n) is 11.2. The number of aryl methyl sites for hydroxylation is 1. The SMILES string of the molecule is Cc1oc(CCl)cc1S(=O)(=O)N(C)Cc1ccccn1. The summed E-state index contributed by atoms with van der Waals surface area (Å²) in [6.07, 6.45) is 1.63. The van der Waals surface area contributed by atoms with Gasteiger partial charge < -0.3 is 4.42 Å². The van der Waals surface area contributed by atoms with E-state index in [-0.39, 0.29) is 17.3 Å². The number of aromatic nitrogens is 1. The molecule has 0 aromatic carbocycles. The lowest BCUT2D eigenvalue weighted by molar-refractivity contribution is 0.455. The molecular weight excluding hydrogens is 300 g/mol. The molecular formula is C13H15ClN2O3S. The van der Waals surface area contributed by atoms with Gasteiger partial charge in [0.25, 0.3) is 0 Å². The van der Waals surface area contributed by atoms with Crippen LogP contribution in [0.3, 0.4) is 0 Å². The van der Waals surface area contributed by atoms with Crippen LogP contribution in [0.2, 0.25) is 0 Å². The van der Waals surface area contributed by atoms with Crippen LogP contribution in [-0.4, -0.2) is 24.8 Å². The smallest absolute Gasteiger partial charge is 0.246 e. The number of furan rings is 1. The summed E-state index contributed by atoms with van der Waals surface area (Å²) in [6.45, 7) is 1.81. The highest BCUT2D eigenvalue weighted by Gasteiger charge is 2.26. The van der Waals surface area contributed by atoms with E-state index in [1.165, 1.54) is 17.4 Å². The summed E-state index contributed by atoms with van der Waals surface area (Å²) in [4.78, 5) is 4.26. The lowest BCUT2D eigenvalue weighted by atomic mass is 10.3. The van der Waals surface area contributed by atoms with E-state index in [9.17, 15) is 8.42 Å². The van der Waals surface area contributed by atoms with Gasteiger partial charge in [0.1, 0.15) is 16.4 Å². The predicted molar refractivity (Wildman–Crippen MR) is 75.9 cm³/mol. The highest BCUT2D eigenvalue weighted by molar-refractivity contribution is 7.89. The zero-order chi connectivity index (χ0) is 14.8. The minimum absolute atomic E-state index is 0.139. The molecule has 0 fully saturated rings. The van der Waals surface area contributed by atoms with Crippen LogP contribution in [-0.2, 0) is 22.4 Å². The van der Waals surface area contributed by atoms with Crippen LogP contribution in [0.15, 0.2) is 39.8 Å². The third kappa shape index (κ3) is 3.03. The van der Waals surface area contributed by atoms with Crippen molar-refractivity contribution in [2.45, 2.75) is 24.2 Å². The van der Waals surface area contributed by atoms with Crippen LogP contribution >= 0.6 is 11.6 Å². The second-order valence-corrected chi connectivity index (χ2v) is 6.63. The average Bonchev–Trinajstić information content (AvgIpc) is 2.82. The van der Waals surface area contributed by atoms with Gasteiger partial charge in [-0.1, -0.05) is 6.07 Å². The lowest BCUT2D eigenvalue weighted by Crippen LogP contribution is -2.27. The summed E-state index contributed by atoms with van der Waals surface area (Å²) in [7, 11) is -2.11. The maximum absolute atomic E-state index is 12.5. The number of hydrogen-bond acceptors (Lipinski definition) is 4. The first-order chi connectivity index (χ1) is 9.45. The van der Waals surface area contributed by atoms with Crippen molar-refractivity contribution in [1.29, 1.82) is 0 Å². The van der Waals surface area contributed by atoms with Gasteiger partial charge in [0.05, 0.1) is 18.1 Å². The van der Waals surface area contributed by atoms with Crippen molar-refractivity contribution in [3.63, 3.8) is 0 Å². The molecule has 0 unspecified atom stereocenters. The third-order valence-corrected chi connectivity index (χ3v) is 5.03. The van der Waals surface area contributed by atoms with Crippen molar-refractivity contribution in [3.8, 4) is 0 Å². The summed E-state index contributed by atoms with van der Waals surface area (Å²) in [5.41, 5.74) is 0.678. The number of alkyl halides is 1. The van der Waals surface area contributed by atoms with E-state index in [4.69, 9.17) is 16.0 Å². The Hall–Kier alpha value is -1.37. The molecule has 0 bridgehead atoms. The standard InChI is InChI=1S/C13H15ClN2O3S/c1-10-13(7-12(8-14)19-10)20(17,18)16(2)9-11-5-3-4-6-15-11/h3-7H,8-9H2,1-2H3. The van der Waals surface area contributed by atoms with Crippen molar-refractivity contribution < 1.29 is 12.8 Å². The second-order valence-electron chi connectivity index (χ2n) is 4.35. The summed E-state index contributed by atoms with van der Waals surface area (Å²) >= 11 is 5.66. The van der Waals surface area contributed by atoms with E-state index < -0.39 is 10.0 Å². The van der Waals surface area contributed by atoms with Gasteiger partial charge in [0, 0.05) is 19.3 Å². The van der Waals surface area contributed by atoms with Crippen LogP contribution in [0, 0.1) is 6.92 Å². The molecule has 0 saturated carbocycles. The Morgan fingerprint density at radius 3 is 2.70 bits per heavy atom. The highest BCUT2D eigenvalue weighted by atomic mass is 35.5. The molecule has 2 aromatic rings. The minimum atomic E-state index is -3.62. The Labute approximate surface area is 123 Å². The molecule has 2 rings (SSSR count). The van der Waals surface area contributed by atoms with Crippen molar-refractivity contribution in [2.75, 3.05) is 7.05 Å². The van der Waals surface area contributed by atoms with E-state index in [0.717, 1.165) is 0 Å². The third-order valence-electron chi connectivity index (χ3n) is 2.85. The Morgan fingerprint density at radius 1 is 1.40 bits per heavy atom. The Balaban J connectivity index is 2.27. The number of hydrogen-bond donors (Lipinski definition) is 0. The molecule has 2 aromatic heterocycles. The Bertz CT molecular complexity index is 683. The monoisotopic (exact) mass is 314 g/mol. The quantitative estimate of drug-likeness (QED) is 0.796. The molecule has 0 spiro atoms. The topological polar surface area (TPSA) is 63.4 Å². The van der Waals surface area contributed by atoms with Gasteiger partial charge in [-0.25, -0.2) is 8.42 Å². The van der Waals surface area contributed by atoms with Gasteiger partial charge in [0.15, 0.2) is 0 Å². The molecule has 0 radical (unpaired) electrons. The van der Waals surface area contributed by atoms with E-state index in [1.54, 1.807) is 25.3 Å². The molecule has 108 valence electrons. The van der Waals surface area contributed by atoms with Crippen LogP contribution in [0.1, 0.15) is 17.2 Å². The molecule has 5 nitrogen and oxygen atoms in total. The van der Waals surface area contributed by atoms with Crippen LogP contribution in [0.5, 0.6) is 0 Å². The van der Waals surface area contributed by atoms with E-state index in [1.807, 2.05) is 6.07 Å². The highest BCUT2D eigenvalue weighted by Crippen LogP contribution is 2.24. The largest absolute Gasteiger partial charge is 0.464 e. The van der Waals surface area contributed by atoms with Crippen molar-refractivity contribution in [3.05, 3.63) is 47.7 Å². The minimum Gasteiger partial charge on any atom is -0.464 e. The van der Waals surface area contributed by atoms with Crippen LogP contribution in [0.4, 0.5) is 0 Å². The summed E-state index contributed by atoms with van der Waals surface area (Å²) in [5.74, 6) is 0.919. The first kappa shape index (κ1) is 15.0. The van der Waals surface area contributed by atoms with Gasteiger partial charge in [-0.05, 0) is 19.1 Å². The number of pyridine rings is 1. The molecule has 0 aliphatic heterocycles. The van der Waals surface area contributed by atoms with Crippen molar-refractivity contribution in [2.24, 2.45) is 0 Å². The number of rotatable bonds is 5. The molecule has 0 saturated heterocycles. The van der Waals surface area contributed by atoms with Crippen LogP contribution < -0.4 is 0 Å². The number of halogens is 1. The van der Waals surface area contributed by atoms with Crippen LogP contribution in [0.25, 0.3) is 0 Å². The second kappa shape index (κ2) is 5.95. The van der Waals surface area contributed by atoms with Gasteiger partial charge in [-0.2, -0.15) is 4.31 Å². The fourth-order valence-corrected chi connectivity index (χ4v) is 3.27. The number of sulfonamides is 1. The first-order valence-corrected chi connectivity index (χ1v) is 7.94. The molecule has 0 aliphatic carbocycles. The van der Waals surface area contributed by atoms with E-state index >= 15 is 0 Å². The molecule has 0 amide bonds. The van der Waals surface area contributed by atoms with Crippen molar-refractivity contribution >= 4 is 21.6 Å². The fraction of sp³-hybridized carbons (Fsp3) is 0.308. The Morgan fingerprint density at radius 2 is 2.15 bits per heavy atom. The summed E-state index contributed by atoms with van der Waals surface area (Å²) in [6, 6.07) is 6.84. The zero-order valence-corrected chi connectivity index (χ0v) is 12.8. The predicted octanol–water partition coefficient (Wildman–Crippen LogP) is 2.54. The average molecular weight is 315 g/mol. The molecule has 0 atom stereocenters.